The van der Waals surface area contributed by atoms with Crippen LogP contribution in [-0.2, 0) is 9.47 Å². The first-order valence-electron chi connectivity index (χ1n) is 13.8. The van der Waals surface area contributed by atoms with Crippen molar-refractivity contribution in [3.05, 3.63) is 12.2 Å². The summed E-state index contributed by atoms with van der Waals surface area (Å²) in [6.07, 6.45) is 29.5. The minimum absolute atomic E-state index is 0.0229. The van der Waals surface area contributed by atoms with Crippen molar-refractivity contribution in [3.63, 3.8) is 0 Å². The van der Waals surface area contributed by atoms with E-state index in [9.17, 15) is 0 Å². The summed E-state index contributed by atoms with van der Waals surface area (Å²) in [6.45, 7) is 6.50. The Kier molecular flexibility index (Phi) is 27.3. The number of aliphatic hydroxyl groups is 1. The molecule has 0 aliphatic heterocycles. The Labute approximate surface area is 195 Å². The molecule has 1 N–H and O–H groups in total. The molecule has 0 amide bonds. The highest BCUT2D eigenvalue weighted by Gasteiger charge is 2.09. The zero-order valence-electron chi connectivity index (χ0n) is 21.3. The van der Waals surface area contributed by atoms with Crippen LogP contribution in [0.3, 0.4) is 0 Å². The average molecular weight is 441 g/mol. The van der Waals surface area contributed by atoms with Crippen LogP contribution >= 0.6 is 0 Å². The highest BCUT2D eigenvalue weighted by Crippen LogP contribution is 2.15. The molecule has 0 saturated carbocycles. The quantitative estimate of drug-likeness (QED) is 0.0830. The molecule has 186 valence electrons. The summed E-state index contributed by atoms with van der Waals surface area (Å²) in [5.74, 6) is 0. The highest BCUT2D eigenvalue weighted by molar-refractivity contribution is 4.80. The molecule has 0 radical (unpaired) electrons. The Morgan fingerprint density at radius 1 is 0.548 bits per heavy atom. The van der Waals surface area contributed by atoms with E-state index in [1.54, 1.807) is 0 Å². The molecule has 3 nitrogen and oxygen atoms in total. The van der Waals surface area contributed by atoms with Gasteiger partial charge in [0.05, 0.1) is 0 Å². The summed E-state index contributed by atoms with van der Waals surface area (Å²) >= 11 is 0. The second kappa shape index (κ2) is 27.7. The van der Waals surface area contributed by atoms with Gasteiger partial charge in [-0.25, -0.2) is 0 Å². The van der Waals surface area contributed by atoms with Crippen LogP contribution in [0.1, 0.15) is 142 Å². The second-order valence-corrected chi connectivity index (χ2v) is 9.04. The third-order valence-electron chi connectivity index (χ3n) is 5.88. The van der Waals surface area contributed by atoms with Crippen LogP contribution in [0.2, 0.25) is 0 Å². The molecule has 0 aromatic carbocycles. The van der Waals surface area contributed by atoms with Crippen molar-refractivity contribution in [2.24, 2.45) is 0 Å². The lowest BCUT2D eigenvalue weighted by Crippen LogP contribution is -2.19. The molecule has 0 bridgehead atoms. The number of hydrogen-bond donors (Lipinski definition) is 1. The molecule has 0 aliphatic carbocycles. The van der Waals surface area contributed by atoms with Crippen LogP contribution in [0.4, 0.5) is 0 Å². The molecule has 0 aliphatic rings. The Morgan fingerprint density at radius 3 is 1.52 bits per heavy atom. The van der Waals surface area contributed by atoms with Gasteiger partial charge in [0.1, 0.15) is 0 Å². The van der Waals surface area contributed by atoms with E-state index in [-0.39, 0.29) is 12.9 Å². The molecular formula is C28H56O3. The standard InChI is InChI=1S/C28H56O3/c1-3-5-7-22-26-30-28(31-27-23-8-6-4-2)24-20-18-16-14-12-10-9-11-13-15-17-19-21-25-29/h17,19,28-29H,3-16,18,20-27H2,1-2H3/b19-17+. The maximum Gasteiger partial charge on any atom is 0.157 e. The fraction of sp³-hybridized carbons (Fsp3) is 0.929. The SMILES string of the molecule is CCCCCCOC(CCCCCCCCCCC/C=C/CCO)OCCCCCC. The van der Waals surface area contributed by atoms with Crippen molar-refractivity contribution in [1.29, 1.82) is 0 Å². The van der Waals surface area contributed by atoms with Gasteiger partial charge in [-0.2, -0.15) is 0 Å². The summed E-state index contributed by atoms with van der Waals surface area (Å²) in [4.78, 5) is 0. The van der Waals surface area contributed by atoms with Crippen LogP contribution in [0.15, 0.2) is 12.2 Å². The van der Waals surface area contributed by atoms with E-state index in [0.29, 0.717) is 0 Å². The van der Waals surface area contributed by atoms with E-state index in [1.807, 2.05) is 0 Å². The molecule has 0 atom stereocenters. The van der Waals surface area contributed by atoms with Gasteiger partial charge in [-0.3, -0.25) is 0 Å². The van der Waals surface area contributed by atoms with E-state index < -0.39 is 0 Å². The van der Waals surface area contributed by atoms with E-state index in [0.717, 1.165) is 26.1 Å². The van der Waals surface area contributed by atoms with Gasteiger partial charge in [-0.15, -0.1) is 0 Å². The molecule has 3 heteroatoms. The lowest BCUT2D eigenvalue weighted by molar-refractivity contribution is -0.148. The largest absolute Gasteiger partial charge is 0.396 e. The van der Waals surface area contributed by atoms with E-state index in [1.165, 1.54) is 116 Å². The summed E-state index contributed by atoms with van der Waals surface area (Å²) < 4.78 is 12.1. The second-order valence-electron chi connectivity index (χ2n) is 9.04. The maximum atomic E-state index is 8.73. The van der Waals surface area contributed by atoms with Crippen molar-refractivity contribution in [2.75, 3.05) is 19.8 Å². The van der Waals surface area contributed by atoms with Gasteiger partial charge in [0.2, 0.25) is 0 Å². The third kappa shape index (κ3) is 25.8. The first-order chi connectivity index (χ1) is 15.3. The monoisotopic (exact) mass is 440 g/mol. The molecule has 0 rings (SSSR count). The van der Waals surface area contributed by atoms with E-state index in [2.05, 4.69) is 26.0 Å². The normalized spacial score (nSPS) is 11.9. The maximum absolute atomic E-state index is 8.73. The Morgan fingerprint density at radius 2 is 1.00 bits per heavy atom. The van der Waals surface area contributed by atoms with Crippen LogP contribution < -0.4 is 0 Å². The Balaban J connectivity index is 3.63. The third-order valence-corrected chi connectivity index (χ3v) is 5.88. The molecule has 0 heterocycles. The van der Waals surface area contributed by atoms with Crippen molar-refractivity contribution in [3.8, 4) is 0 Å². The fourth-order valence-corrected chi connectivity index (χ4v) is 3.82. The molecule has 0 aromatic heterocycles. The van der Waals surface area contributed by atoms with Gasteiger partial charge in [0.15, 0.2) is 6.29 Å². The van der Waals surface area contributed by atoms with Crippen LogP contribution in [-0.4, -0.2) is 31.2 Å². The lowest BCUT2D eigenvalue weighted by Gasteiger charge is -2.19. The van der Waals surface area contributed by atoms with Crippen LogP contribution in [0, 0.1) is 0 Å². The number of hydrogen-bond acceptors (Lipinski definition) is 3. The molecule has 0 fully saturated rings. The topological polar surface area (TPSA) is 38.7 Å². The minimum Gasteiger partial charge on any atom is -0.396 e. The number of allylic oxidation sites excluding steroid dienone is 1. The van der Waals surface area contributed by atoms with Crippen molar-refractivity contribution in [1.82, 2.24) is 0 Å². The number of aliphatic hydroxyl groups excluding tert-OH is 1. The van der Waals surface area contributed by atoms with Gasteiger partial charge in [0, 0.05) is 19.8 Å². The molecule has 0 unspecified atom stereocenters. The summed E-state index contributed by atoms with van der Waals surface area (Å²) in [6, 6.07) is 0. The number of ether oxygens (including phenoxy) is 2. The van der Waals surface area contributed by atoms with E-state index in [4.69, 9.17) is 14.6 Å². The average Bonchev–Trinajstić information content (AvgIpc) is 2.78. The predicted molar refractivity (Wildman–Crippen MR) is 136 cm³/mol. The van der Waals surface area contributed by atoms with Crippen molar-refractivity contribution < 1.29 is 14.6 Å². The van der Waals surface area contributed by atoms with Gasteiger partial charge in [-0.05, 0) is 44.9 Å². The van der Waals surface area contributed by atoms with Gasteiger partial charge < -0.3 is 14.6 Å². The zero-order valence-corrected chi connectivity index (χ0v) is 21.3. The zero-order chi connectivity index (χ0) is 22.7. The molecule has 0 aromatic rings. The summed E-state index contributed by atoms with van der Waals surface area (Å²) in [7, 11) is 0. The van der Waals surface area contributed by atoms with Gasteiger partial charge >= 0.3 is 0 Å². The van der Waals surface area contributed by atoms with Gasteiger partial charge in [0.25, 0.3) is 0 Å². The smallest absolute Gasteiger partial charge is 0.157 e. The first kappa shape index (κ1) is 30.6. The molecular weight excluding hydrogens is 384 g/mol. The predicted octanol–water partition coefficient (Wildman–Crippen LogP) is 8.74. The number of rotatable bonds is 26. The molecule has 31 heavy (non-hydrogen) atoms. The first-order valence-corrected chi connectivity index (χ1v) is 13.8. The fourth-order valence-electron chi connectivity index (χ4n) is 3.82. The van der Waals surface area contributed by atoms with Crippen molar-refractivity contribution in [2.45, 2.75) is 149 Å². The molecule has 0 saturated heterocycles. The minimum atomic E-state index is 0.0229. The highest BCUT2D eigenvalue weighted by atomic mass is 16.7. The van der Waals surface area contributed by atoms with Crippen molar-refractivity contribution >= 4 is 0 Å². The lowest BCUT2D eigenvalue weighted by atomic mass is 10.1. The Bertz CT molecular complexity index is 329. The van der Waals surface area contributed by atoms with Crippen LogP contribution in [0.5, 0.6) is 0 Å². The summed E-state index contributed by atoms with van der Waals surface area (Å²) in [5.41, 5.74) is 0. The Hall–Kier alpha value is -0.380. The van der Waals surface area contributed by atoms with E-state index >= 15 is 0 Å². The summed E-state index contributed by atoms with van der Waals surface area (Å²) in [5, 5.41) is 8.73. The van der Waals surface area contributed by atoms with Crippen LogP contribution in [0.25, 0.3) is 0 Å². The number of unbranched alkanes of at least 4 members (excludes halogenated alkanes) is 15. The van der Waals surface area contributed by atoms with Gasteiger partial charge in [-0.1, -0.05) is 109 Å². The molecule has 0 spiro atoms.